The monoisotopic (exact) mass is 197 g/mol. The normalized spacial score (nSPS) is 12.9. The van der Waals surface area contributed by atoms with E-state index in [0.717, 1.165) is 12.8 Å². The lowest BCUT2D eigenvalue weighted by Crippen LogP contribution is -1.98. The molecular formula is C15H17. The van der Waals surface area contributed by atoms with Gasteiger partial charge in [0.05, 0.1) is 0 Å². The molecule has 0 bridgehead atoms. The highest BCUT2D eigenvalue weighted by molar-refractivity contribution is 5.85. The summed E-state index contributed by atoms with van der Waals surface area (Å²) in [6.45, 7) is 6.22. The van der Waals surface area contributed by atoms with Crippen LogP contribution in [0.5, 0.6) is 0 Å². The molecule has 1 radical (unpaired) electrons. The molecule has 0 aliphatic heterocycles. The molecule has 0 fully saturated rings. The van der Waals surface area contributed by atoms with E-state index in [-0.39, 0.29) is 0 Å². The van der Waals surface area contributed by atoms with E-state index in [4.69, 9.17) is 0 Å². The van der Waals surface area contributed by atoms with Crippen molar-refractivity contribution in [1.29, 1.82) is 0 Å². The first-order chi connectivity index (χ1) is 7.31. The smallest absolute Gasteiger partial charge is 0.0152 e. The van der Waals surface area contributed by atoms with Gasteiger partial charge in [0.1, 0.15) is 0 Å². The van der Waals surface area contributed by atoms with Gasteiger partial charge in [-0.05, 0) is 28.7 Å². The van der Waals surface area contributed by atoms with Crippen molar-refractivity contribution >= 4 is 10.8 Å². The summed E-state index contributed by atoms with van der Waals surface area (Å²) in [6.07, 6.45) is 2.13. The van der Waals surface area contributed by atoms with Gasteiger partial charge in [-0.3, -0.25) is 0 Å². The van der Waals surface area contributed by atoms with E-state index in [1.54, 1.807) is 0 Å². The van der Waals surface area contributed by atoms with Gasteiger partial charge in [-0.2, -0.15) is 0 Å². The summed E-state index contributed by atoms with van der Waals surface area (Å²) in [5.41, 5.74) is 1.45. The Balaban J connectivity index is 2.42. The molecule has 0 nitrogen and oxygen atoms in total. The fourth-order valence-corrected chi connectivity index (χ4v) is 1.95. The van der Waals surface area contributed by atoms with E-state index in [0.29, 0.717) is 5.92 Å². The minimum Gasteiger partial charge on any atom is -0.0622 e. The number of rotatable bonds is 3. The van der Waals surface area contributed by atoms with Crippen molar-refractivity contribution in [2.24, 2.45) is 5.92 Å². The first-order valence-electron chi connectivity index (χ1n) is 5.57. The molecule has 0 amide bonds. The van der Waals surface area contributed by atoms with Gasteiger partial charge in [-0.15, -0.1) is 0 Å². The fraction of sp³-hybridized carbons (Fsp3) is 0.267. The van der Waals surface area contributed by atoms with Crippen LogP contribution in [0.2, 0.25) is 0 Å². The molecule has 2 rings (SSSR count). The second kappa shape index (κ2) is 4.48. The molecule has 0 aliphatic carbocycles. The maximum absolute atomic E-state index is 3.96. The van der Waals surface area contributed by atoms with Crippen LogP contribution in [-0.4, -0.2) is 0 Å². The second-order valence-corrected chi connectivity index (χ2v) is 4.24. The first kappa shape index (κ1) is 10.2. The SMILES string of the molecule is [CH2]CC(C)Cc1cccc2ccccc12. The van der Waals surface area contributed by atoms with Gasteiger partial charge in [0.15, 0.2) is 0 Å². The van der Waals surface area contributed by atoms with Crippen LogP contribution in [0.25, 0.3) is 10.8 Å². The van der Waals surface area contributed by atoms with Gasteiger partial charge in [-0.1, -0.05) is 62.7 Å². The zero-order chi connectivity index (χ0) is 10.7. The highest BCUT2D eigenvalue weighted by Crippen LogP contribution is 2.21. The maximum Gasteiger partial charge on any atom is -0.0152 e. The van der Waals surface area contributed by atoms with Crippen LogP contribution in [0.1, 0.15) is 18.9 Å². The third-order valence-electron chi connectivity index (χ3n) is 2.94. The summed E-state index contributed by atoms with van der Waals surface area (Å²) >= 11 is 0. The molecule has 0 aliphatic rings. The number of hydrogen-bond donors (Lipinski definition) is 0. The molecule has 0 aromatic heterocycles. The van der Waals surface area contributed by atoms with Crippen molar-refractivity contribution in [3.63, 3.8) is 0 Å². The minimum absolute atomic E-state index is 0.663. The summed E-state index contributed by atoms with van der Waals surface area (Å²) in [6, 6.07) is 15.1. The van der Waals surface area contributed by atoms with Gasteiger partial charge in [0.25, 0.3) is 0 Å². The predicted octanol–water partition coefficient (Wildman–Crippen LogP) is 4.24. The maximum atomic E-state index is 3.96. The Morgan fingerprint density at radius 3 is 2.60 bits per heavy atom. The summed E-state index contributed by atoms with van der Waals surface area (Å²) in [4.78, 5) is 0. The lowest BCUT2D eigenvalue weighted by molar-refractivity contribution is 0.590. The molecule has 2 aromatic carbocycles. The Hall–Kier alpha value is -1.30. The average molecular weight is 197 g/mol. The van der Waals surface area contributed by atoms with Gasteiger partial charge in [-0.25, -0.2) is 0 Å². The van der Waals surface area contributed by atoms with Crippen LogP contribution in [0.4, 0.5) is 0 Å². The van der Waals surface area contributed by atoms with Gasteiger partial charge < -0.3 is 0 Å². The van der Waals surface area contributed by atoms with Crippen molar-refractivity contribution < 1.29 is 0 Å². The van der Waals surface area contributed by atoms with E-state index in [2.05, 4.69) is 56.3 Å². The number of hydrogen-bond acceptors (Lipinski definition) is 0. The number of benzene rings is 2. The molecule has 1 unspecified atom stereocenters. The quantitative estimate of drug-likeness (QED) is 0.690. The van der Waals surface area contributed by atoms with Crippen molar-refractivity contribution in [3.8, 4) is 0 Å². The standard InChI is InChI=1S/C15H17/c1-3-12(2)11-14-9-6-8-13-7-4-5-10-15(13)14/h4-10,12H,1,3,11H2,2H3. The van der Waals surface area contributed by atoms with Crippen LogP contribution in [0.15, 0.2) is 42.5 Å². The van der Waals surface area contributed by atoms with E-state index in [1.807, 2.05) is 0 Å². The Labute approximate surface area is 91.9 Å². The van der Waals surface area contributed by atoms with Crippen LogP contribution in [0.3, 0.4) is 0 Å². The topological polar surface area (TPSA) is 0 Å². The molecule has 1 atom stereocenters. The van der Waals surface area contributed by atoms with Crippen LogP contribution in [0, 0.1) is 12.8 Å². The zero-order valence-electron chi connectivity index (χ0n) is 9.24. The molecular weight excluding hydrogens is 180 g/mol. The Morgan fingerprint density at radius 1 is 1.07 bits per heavy atom. The van der Waals surface area contributed by atoms with Crippen LogP contribution in [-0.2, 0) is 6.42 Å². The average Bonchev–Trinajstić information content (AvgIpc) is 2.29. The van der Waals surface area contributed by atoms with Crippen LogP contribution < -0.4 is 0 Å². The first-order valence-corrected chi connectivity index (χ1v) is 5.57. The van der Waals surface area contributed by atoms with Crippen molar-refractivity contribution in [3.05, 3.63) is 55.0 Å². The largest absolute Gasteiger partial charge is 0.0622 e. The summed E-state index contributed by atoms with van der Waals surface area (Å²) < 4.78 is 0. The second-order valence-electron chi connectivity index (χ2n) is 4.24. The Kier molecular flexibility index (Phi) is 3.05. The molecule has 15 heavy (non-hydrogen) atoms. The Bertz CT molecular complexity index is 437. The third-order valence-corrected chi connectivity index (χ3v) is 2.94. The molecule has 0 saturated carbocycles. The molecule has 2 aromatic rings. The van der Waals surface area contributed by atoms with E-state index >= 15 is 0 Å². The van der Waals surface area contributed by atoms with Gasteiger partial charge >= 0.3 is 0 Å². The highest BCUT2D eigenvalue weighted by atomic mass is 14.1. The zero-order valence-corrected chi connectivity index (χ0v) is 9.24. The van der Waals surface area contributed by atoms with Crippen molar-refractivity contribution in [2.75, 3.05) is 0 Å². The molecule has 77 valence electrons. The molecule has 0 saturated heterocycles. The molecule has 0 heterocycles. The Morgan fingerprint density at radius 2 is 1.80 bits per heavy atom. The van der Waals surface area contributed by atoms with E-state index < -0.39 is 0 Å². The molecule has 0 heteroatoms. The van der Waals surface area contributed by atoms with Crippen molar-refractivity contribution in [1.82, 2.24) is 0 Å². The highest BCUT2D eigenvalue weighted by Gasteiger charge is 2.04. The molecule has 0 N–H and O–H groups in total. The number of fused-ring (bicyclic) bond motifs is 1. The van der Waals surface area contributed by atoms with Gasteiger partial charge in [0, 0.05) is 0 Å². The third kappa shape index (κ3) is 2.20. The van der Waals surface area contributed by atoms with E-state index in [9.17, 15) is 0 Å². The summed E-state index contributed by atoms with van der Waals surface area (Å²) in [7, 11) is 0. The summed E-state index contributed by atoms with van der Waals surface area (Å²) in [5, 5.41) is 2.73. The van der Waals surface area contributed by atoms with Gasteiger partial charge in [0.2, 0.25) is 0 Å². The van der Waals surface area contributed by atoms with Crippen LogP contribution >= 0.6 is 0 Å². The lowest BCUT2D eigenvalue weighted by atomic mass is 9.95. The minimum atomic E-state index is 0.663. The van der Waals surface area contributed by atoms with E-state index in [1.165, 1.54) is 16.3 Å². The molecule has 0 spiro atoms. The fourth-order valence-electron chi connectivity index (χ4n) is 1.95. The van der Waals surface area contributed by atoms with Crippen molar-refractivity contribution in [2.45, 2.75) is 19.8 Å². The predicted molar refractivity (Wildman–Crippen MR) is 66.8 cm³/mol. The summed E-state index contributed by atoms with van der Waals surface area (Å²) in [5.74, 6) is 0.663. The lowest BCUT2D eigenvalue weighted by Gasteiger charge is -2.10.